The van der Waals surface area contributed by atoms with Crippen molar-refractivity contribution >= 4 is 86.1 Å². The van der Waals surface area contributed by atoms with Gasteiger partial charge in [-0.1, -0.05) is 35.3 Å². The molecule has 0 saturated carbocycles. The first-order chi connectivity index (χ1) is 20.3. The maximum Gasteiger partial charge on any atom is 0.280 e. The molecule has 42 heavy (non-hydrogen) atoms. The molecule has 0 radical (unpaired) electrons. The second-order valence-corrected chi connectivity index (χ2v) is 12.1. The van der Waals surface area contributed by atoms with Crippen LogP contribution in [0.5, 0.6) is 5.75 Å². The van der Waals surface area contributed by atoms with E-state index >= 15 is 0 Å². The first kappa shape index (κ1) is 28.0. The number of imide groups is 1. The SMILES string of the molecule is C[C@H](Oc1ccc(Cl)cc1Cl)C(=O)N/N=C/c1ccc(Sc2nc3ccc(N4C(=O)c5ccccc5C4=O)cc3s2)o1. The number of aromatic nitrogens is 1. The highest BCUT2D eigenvalue weighted by Crippen LogP contribution is 2.38. The quantitative estimate of drug-likeness (QED) is 0.110. The van der Waals surface area contributed by atoms with E-state index in [0.717, 1.165) is 10.2 Å². The van der Waals surface area contributed by atoms with E-state index in [2.05, 4.69) is 15.5 Å². The number of anilines is 1. The molecule has 210 valence electrons. The summed E-state index contributed by atoms with van der Waals surface area (Å²) in [4.78, 5) is 43.9. The summed E-state index contributed by atoms with van der Waals surface area (Å²) < 4.78 is 12.9. The third-order valence-electron chi connectivity index (χ3n) is 6.13. The first-order valence-electron chi connectivity index (χ1n) is 12.4. The predicted octanol–water partition coefficient (Wildman–Crippen LogP) is 7.07. The standard InChI is InChI=1S/C29H18Cl2N4O5S2/c1-15(39-23-10-6-16(30)12-21(23)31)26(36)34-32-14-18-8-11-25(40-18)42-29-33-22-9-7-17(13-24(22)41-29)35-27(37)19-4-2-3-5-20(19)28(35)38/h2-15H,1H3,(H,34,36)/b32-14+/t15-/m0/s1. The summed E-state index contributed by atoms with van der Waals surface area (Å²) >= 11 is 14.7. The van der Waals surface area contributed by atoms with Gasteiger partial charge in [-0.25, -0.2) is 15.3 Å². The zero-order chi connectivity index (χ0) is 29.4. The summed E-state index contributed by atoms with van der Waals surface area (Å²) in [6.45, 7) is 1.57. The third-order valence-corrected chi connectivity index (χ3v) is 8.66. The van der Waals surface area contributed by atoms with Crippen molar-refractivity contribution in [2.75, 3.05) is 4.90 Å². The van der Waals surface area contributed by atoms with E-state index in [4.69, 9.17) is 32.4 Å². The van der Waals surface area contributed by atoms with E-state index in [1.54, 1.807) is 73.7 Å². The molecular formula is C29H18Cl2N4O5S2. The van der Waals surface area contributed by atoms with Gasteiger partial charge in [0.25, 0.3) is 17.7 Å². The maximum absolute atomic E-state index is 12.9. The molecule has 0 spiro atoms. The number of furan rings is 1. The molecule has 5 aromatic rings. The van der Waals surface area contributed by atoms with E-state index in [1.165, 1.54) is 40.3 Å². The molecule has 0 fully saturated rings. The number of benzene rings is 3. The topological polar surface area (TPSA) is 114 Å². The Kier molecular flexibility index (Phi) is 7.74. The van der Waals surface area contributed by atoms with E-state index in [9.17, 15) is 14.4 Å². The van der Waals surface area contributed by atoms with Crippen LogP contribution in [0.25, 0.3) is 10.2 Å². The number of ether oxygens (including phenoxy) is 1. The van der Waals surface area contributed by atoms with E-state index < -0.39 is 12.0 Å². The van der Waals surface area contributed by atoms with Crippen molar-refractivity contribution in [2.24, 2.45) is 5.10 Å². The highest BCUT2D eigenvalue weighted by molar-refractivity contribution is 8.01. The molecule has 1 aliphatic heterocycles. The summed E-state index contributed by atoms with van der Waals surface area (Å²) in [5, 5.41) is 5.26. The van der Waals surface area contributed by atoms with Crippen LogP contribution in [0.3, 0.4) is 0 Å². The number of fused-ring (bicyclic) bond motifs is 2. The number of hydrazone groups is 1. The second-order valence-electron chi connectivity index (χ2n) is 8.95. The van der Waals surface area contributed by atoms with Gasteiger partial charge in [0.05, 0.1) is 38.3 Å². The number of rotatable bonds is 8. The van der Waals surface area contributed by atoms with Crippen LogP contribution in [0, 0.1) is 0 Å². The number of hydrogen-bond donors (Lipinski definition) is 1. The van der Waals surface area contributed by atoms with Gasteiger partial charge in [-0.3, -0.25) is 14.4 Å². The lowest BCUT2D eigenvalue weighted by molar-refractivity contribution is -0.127. The van der Waals surface area contributed by atoms with Crippen LogP contribution in [-0.4, -0.2) is 35.0 Å². The molecule has 0 bridgehead atoms. The van der Waals surface area contributed by atoms with Gasteiger partial charge in [0.1, 0.15) is 11.5 Å². The van der Waals surface area contributed by atoms with Crippen molar-refractivity contribution in [3.63, 3.8) is 0 Å². The minimum atomic E-state index is -0.861. The van der Waals surface area contributed by atoms with Gasteiger partial charge in [0.2, 0.25) is 0 Å². The molecule has 9 nitrogen and oxygen atoms in total. The van der Waals surface area contributed by atoms with Crippen molar-refractivity contribution in [3.8, 4) is 5.75 Å². The molecule has 0 saturated heterocycles. The Morgan fingerprint density at radius 2 is 1.83 bits per heavy atom. The van der Waals surface area contributed by atoms with Gasteiger partial charge >= 0.3 is 0 Å². The number of hydrogen-bond acceptors (Lipinski definition) is 9. The number of nitrogens with one attached hydrogen (secondary N) is 1. The Labute approximate surface area is 257 Å². The highest BCUT2D eigenvalue weighted by Gasteiger charge is 2.36. The van der Waals surface area contributed by atoms with E-state index in [0.29, 0.717) is 47.8 Å². The highest BCUT2D eigenvalue weighted by atomic mass is 35.5. The van der Waals surface area contributed by atoms with Crippen LogP contribution in [0.15, 0.2) is 91.7 Å². The summed E-state index contributed by atoms with van der Waals surface area (Å²) in [5.74, 6) is -0.421. The summed E-state index contributed by atoms with van der Waals surface area (Å²) in [7, 11) is 0. The normalized spacial score (nSPS) is 13.6. The first-order valence-corrected chi connectivity index (χ1v) is 14.8. The lowest BCUT2D eigenvalue weighted by Gasteiger charge is -2.14. The number of amides is 3. The number of halogens is 2. The number of thiazole rings is 1. The molecule has 0 unspecified atom stereocenters. The molecule has 13 heteroatoms. The molecule has 2 aromatic heterocycles. The van der Waals surface area contributed by atoms with Crippen LogP contribution < -0.4 is 15.1 Å². The number of carbonyl (C=O) groups excluding carboxylic acids is 3. The average Bonchev–Trinajstić information content (AvgIpc) is 3.66. The monoisotopic (exact) mass is 636 g/mol. The van der Waals surface area contributed by atoms with Gasteiger partial charge < -0.3 is 9.15 Å². The van der Waals surface area contributed by atoms with Gasteiger partial charge in [-0.15, -0.1) is 11.3 Å². The zero-order valence-corrected chi connectivity index (χ0v) is 24.7. The minimum Gasteiger partial charge on any atom is -0.479 e. The Morgan fingerprint density at radius 1 is 1.07 bits per heavy atom. The molecule has 1 aliphatic rings. The Bertz CT molecular complexity index is 1870. The van der Waals surface area contributed by atoms with Crippen LogP contribution in [-0.2, 0) is 4.79 Å². The Balaban J connectivity index is 1.08. The molecule has 1 N–H and O–H groups in total. The smallest absolute Gasteiger partial charge is 0.280 e. The lowest BCUT2D eigenvalue weighted by atomic mass is 10.1. The maximum atomic E-state index is 12.9. The van der Waals surface area contributed by atoms with Crippen LogP contribution in [0.4, 0.5) is 5.69 Å². The molecule has 3 heterocycles. The van der Waals surface area contributed by atoms with Crippen molar-refractivity contribution < 1.29 is 23.5 Å². The minimum absolute atomic E-state index is 0.294. The number of nitrogens with zero attached hydrogens (tertiary/aromatic N) is 3. The van der Waals surface area contributed by atoms with Crippen LogP contribution in [0.2, 0.25) is 10.0 Å². The van der Waals surface area contributed by atoms with Gasteiger partial charge in [-0.2, -0.15) is 5.10 Å². The predicted molar refractivity (Wildman–Crippen MR) is 162 cm³/mol. The Hall–Kier alpha value is -4.16. The average molecular weight is 638 g/mol. The summed E-state index contributed by atoms with van der Waals surface area (Å²) in [6, 6.07) is 20.2. The molecule has 1 atom stereocenters. The van der Waals surface area contributed by atoms with E-state index in [1.807, 2.05) is 0 Å². The largest absolute Gasteiger partial charge is 0.479 e. The molecule has 6 rings (SSSR count). The number of carbonyl (C=O) groups is 3. The zero-order valence-electron chi connectivity index (χ0n) is 21.5. The summed E-state index contributed by atoms with van der Waals surface area (Å²) in [5.41, 5.74) is 4.42. The van der Waals surface area contributed by atoms with Gasteiger partial charge in [-0.05, 0) is 79.3 Å². The molecule has 3 amide bonds. The Morgan fingerprint density at radius 3 is 2.57 bits per heavy atom. The van der Waals surface area contributed by atoms with Crippen molar-refractivity contribution in [2.45, 2.75) is 22.5 Å². The fourth-order valence-corrected chi connectivity index (χ4v) is 6.56. The van der Waals surface area contributed by atoms with Gasteiger partial charge in [0, 0.05) is 5.02 Å². The summed E-state index contributed by atoms with van der Waals surface area (Å²) in [6.07, 6.45) is 0.511. The molecule has 3 aromatic carbocycles. The van der Waals surface area contributed by atoms with Crippen molar-refractivity contribution in [1.29, 1.82) is 0 Å². The third kappa shape index (κ3) is 5.64. The van der Waals surface area contributed by atoms with Crippen molar-refractivity contribution in [1.82, 2.24) is 10.4 Å². The van der Waals surface area contributed by atoms with Gasteiger partial charge in [0.15, 0.2) is 15.5 Å². The second kappa shape index (κ2) is 11.6. The van der Waals surface area contributed by atoms with Crippen LogP contribution >= 0.6 is 46.3 Å². The fraction of sp³-hybridized carbons (Fsp3) is 0.0690. The molecule has 0 aliphatic carbocycles. The van der Waals surface area contributed by atoms with Crippen molar-refractivity contribution in [3.05, 3.63) is 99.7 Å². The van der Waals surface area contributed by atoms with E-state index in [-0.39, 0.29) is 11.8 Å². The lowest BCUT2D eigenvalue weighted by Crippen LogP contribution is -2.33. The fourth-order valence-electron chi connectivity index (χ4n) is 4.11. The molecular weight excluding hydrogens is 619 g/mol. The van der Waals surface area contributed by atoms with Crippen LogP contribution in [0.1, 0.15) is 33.4 Å².